The highest BCUT2D eigenvalue weighted by Crippen LogP contribution is 2.35. The third kappa shape index (κ3) is 5.84. The summed E-state index contributed by atoms with van der Waals surface area (Å²) in [5.74, 6) is 0.178. The lowest BCUT2D eigenvalue weighted by atomic mass is 9.75. The molecule has 0 saturated heterocycles. The predicted octanol–water partition coefficient (Wildman–Crippen LogP) is 1.48. The van der Waals surface area contributed by atoms with Crippen LogP contribution in [0.25, 0.3) is 0 Å². The van der Waals surface area contributed by atoms with Crippen LogP contribution in [0.4, 0.5) is 0 Å². The van der Waals surface area contributed by atoms with Crippen LogP contribution in [-0.2, 0) is 10.0 Å². The lowest BCUT2D eigenvalue weighted by molar-refractivity contribution is 0.212. The molecule has 1 fully saturated rings. The molecule has 0 aromatic carbocycles. The van der Waals surface area contributed by atoms with Crippen LogP contribution in [0.1, 0.15) is 46.5 Å². The van der Waals surface area contributed by atoms with E-state index >= 15 is 0 Å². The highest BCUT2D eigenvalue weighted by Gasteiger charge is 2.30. The third-order valence-electron chi connectivity index (χ3n) is 3.35. The Bertz CT molecular complexity index is 325. The zero-order valence-electron chi connectivity index (χ0n) is 11.3. The van der Waals surface area contributed by atoms with Crippen LogP contribution in [0.5, 0.6) is 0 Å². The van der Waals surface area contributed by atoms with E-state index in [0.717, 1.165) is 25.8 Å². The number of rotatable bonds is 6. The minimum atomic E-state index is -3.12. The van der Waals surface area contributed by atoms with Gasteiger partial charge in [0.2, 0.25) is 10.0 Å². The second kappa shape index (κ2) is 6.16. The van der Waals surface area contributed by atoms with Gasteiger partial charge in [0.25, 0.3) is 0 Å². The SMILES string of the molecule is CCNCCS(=O)(=O)NC1CCCC(C)(C)C1. The standard InChI is InChI=1S/C12H26N2O2S/c1-4-13-8-9-17(15,16)14-11-6-5-7-12(2,3)10-11/h11,13-14H,4-10H2,1-3H3. The summed E-state index contributed by atoms with van der Waals surface area (Å²) < 4.78 is 26.5. The molecule has 0 radical (unpaired) electrons. The van der Waals surface area contributed by atoms with Crippen molar-refractivity contribution in [1.29, 1.82) is 0 Å². The molecule has 0 bridgehead atoms. The summed E-state index contributed by atoms with van der Waals surface area (Å²) in [4.78, 5) is 0. The van der Waals surface area contributed by atoms with Crippen LogP contribution in [-0.4, -0.2) is 33.3 Å². The average molecular weight is 262 g/mol. The maximum absolute atomic E-state index is 11.8. The quantitative estimate of drug-likeness (QED) is 0.713. The zero-order valence-corrected chi connectivity index (χ0v) is 12.1. The van der Waals surface area contributed by atoms with Gasteiger partial charge in [-0.25, -0.2) is 13.1 Å². The Kier molecular flexibility index (Phi) is 5.41. The van der Waals surface area contributed by atoms with E-state index in [9.17, 15) is 8.42 Å². The second-order valence-electron chi connectivity index (χ2n) is 5.75. The molecular formula is C12H26N2O2S. The Labute approximate surface area is 106 Å². The zero-order chi connectivity index (χ0) is 12.9. The van der Waals surface area contributed by atoms with E-state index in [1.807, 2.05) is 6.92 Å². The highest BCUT2D eigenvalue weighted by molar-refractivity contribution is 7.89. The summed E-state index contributed by atoms with van der Waals surface area (Å²) in [6, 6.07) is 0.130. The summed E-state index contributed by atoms with van der Waals surface area (Å²) in [7, 11) is -3.12. The van der Waals surface area contributed by atoms with Crippen molar-refractivity contribution >= 4 is 10.0 Å². The largest absolute Gasteiger partial charge is 0.316 e. The van der Waals surface area contributed by atoms with Crippen LogP contribution in [0, 0.1) is 5.41 Å². The Hall–Kier alpha value is -0.130. The number of hydrogen-bond donors (Lipinski definition) is 2. The fraction of sp³-hybridized carbons (Fsp3) is 1.00. The van der Waals surface area contributed by atoms with Crippen molar-refractivity contribution < 1.29 is 8.42 Å². The molecule has 4 nitrogen and oxygen atoms in total. The molecule has 102 valence electrons. The Morgan fingerprint density at radius 3 is 2.65 bits per heavy atom. The molecule has 1 rings (SSSR count). The minimum absolute atomic E-state index is 0.130. The van der Waals surface area contributed by atoms with Crippen molar-refractivity contribution in [3.63, 3.8) is 0 Å². The average Bonchev–Trinajstić information content (AvgIpc) is 2.15. The molecule has 0 heterocycles. The first-order valence-electron chi connectivity index (χ1n) is 6.55. The molecule has 0 aromatic rings. The first kappa shape index (κ1) is 14.9. The van der Waals surface area contributed by atoms with E-state index in [-0.39, 0.29) is 17.2 Å². The lowest BCUT2D eigenvalue weighted by Crippen LogP contribution is -2.42. The van der Waals surface area contributed by atoms with Crippen LogP contribution in [0.15, 0.2) is 0 Å². The first-order valence-corrected chi connectivity index (χ1v) is 8.20. The van der Waals surface area contributed by atoms with Crippen molar-refractivity contribution in [3.05, 3.63) is 0 Å². The normalized spacial score (nSPS) is 24.8. The summed E-state index contributed by atoms with van der Waals surface area (Å²) >= 11 is 0. The summed E-state index contributed by atoms with van der Waals surface area (Å²) in [5, 5.41) is 3.04. The number of sulfonamides is 1. The van der Waals surface area contributed by atoms with Crippen LogP contribution >= 0.6 is 0 Å². The molecule has 1 atom stereocenters. The summed E-state index contributed by atoms with van der Waals surface area (Å²) in [6.45, 7) is 7.75. The Morgan fingerprint density at radius 1 is 1.35 bits per heavy atom. The van der Waals surface area contributed by atoms with Crippen molar-refractivity contribution in [1.82, 2.24) is 10.0 Å². The van der Waals surface area contributed by atoms with Gasteiger partial charge in [-0.1, -0.05) is 27.2 Å². The minimum Gasteiger partial charge on any atom is -0.316 e. The van der Waals surface area contributed by atoms with Crippen LogP contribution < -0.4 is 10.0 Å². The van der Waals surface area contributed by atoms with Gasteiger partial charge < -0.3 is 5.32 Å². The monoisotopic (exact) mass is 262 g/mol. The molecule has 5 heteroatoms. The van der Waals surface area contributed by atoms with Gasteiger partial charge >= 0.3 is 0 Å². The van der Waals surface area contributed by atoms with Gasteiger partial charge in [0.1, 0.15) is 0 Å². The van der Waals surface area contributed by atoms with Crippen molar-refractivity contribution in [2.24, 2.45) is 5.41 Å². The third-order valence-corrected chi connectivity index (χ3v) is 4.78. The molecule has 1 unspecified atom stereocenters. The van der Waals surface area contributed by atoms with Crippen molar-refractivity contribution in [2.45, 2.75) is 52.5 Å². The molecular weight excluding hydrogens is 236 g/mol. The smallest absolute Gasteiger partial charge is 0.213 e. The van der Waals surface area contributed by atoms with Crippen molar-refractivity contribution in [2.75, 3.05) is 18.8 Å². The maximum Gasteiger partial charge on any atom is 0.213 e. The van der Waals surface area contributed by atoms with E-state index in [1.54, 1.807) is 0 Å². The molecule has 1 aliphatic rings. The van der Waals surface area contributed by atoms with Gasteiger partial charge in [-0.05, 0) is 31.2 Å². The lowest BCUT2D eigenvalue weighted by Gasteiger charge is -2.35. The van der Waals surface area contributed by atoms with Gasteiger partial charge in [0.15, 0.2) is 0 Å². The first-order chi connectivity index (χ1) is 7.85. The van der Waals surface area contributed by atoms with Gasteiger partial charge in [0, 0.05) is 12.6 Å². The molecule has 0 aromatic heterocycles. The second-order valence-corrected chi connectivity index (χ2v) is 7.62. The van der Waals surface area contributed by atoms with E-state index < -0.39 is 10.0 Å². The molecule has 17 heavy (non-hydrogen) atoms. The molecule has 2 N–H and O–H groups in total. The topological polar surface area (TPSA) is 58.2 Å². The van der Waals surface area contributed by atoms with Gasteiger partial charge in [-0.2, -0.15) is 0 Å². The van der Waals surface area contributed by atoms with Gasteiger partial charge in [-0.3, -0.25) is 0 Å². The van der Waals surface area contributed by atoms with Crippen molar-refractivity contribution in [3.8, 4) is 0 Å². The van der Waals surface area contributed by atoms with Gasteiger partial charge in [-0.15, -0.1) is 0 Å². The predicted molar refractivity (Wildman–Crippen MR) is 71.5 cm³/mol. The molecule has 1 aliphatic carbocycles. The summed E-state index contributed by atoms with van der Waals surface area (Å²) in [5.41, 5.74) is 0.271. The fourth-order valence-corrected chi connectivity index (χ4v) is 3.73. The van der Waals surface area contributed by atoms with Crippen LogP contribution in [0.3, 0.4) is 0 Å². The van der Waals surface area contributed by atoms with E-state index in [1.165, 1.54) is 6.42 Å². The van der Waals surface area contributed by atoms with E-state index in [2.05, 4.69) is 23.9 Å². The molecule has 1 saturated carbocycles. The maximum atomic E-state index is 11.8. The number of hydrogen-bond acceptors (Lipinski definition) is 3. The fourth-order valence-electron chi connectivity index (χ4n) is 2.49. The Morgan fingerprint density at radius 2 is 2.06 bits per heavy atom. The molecule has 0 amide bonds. The van der Waals surface area contributed by atoms with E-state index in [0.29, 0.717) is 6.54 Å². The van der Waals surface area contributed by atoms with Gasteiger partial charge in [0.05, 0.1) is 5.75 Å². The number of nitrogens with one attached hydrogen (secondary N) is 2. The molecule has 0 aliphatic heterocycles. The Balaban J connectivity index is 2.41. The summed E-state index contributed by atoms with van der Waals surface area (Å²) in [6.07, 6.45) is 4.24. The highest BCUT2D eigenvalue weighted by atomic mass is 32.2. The van der Waals surface area contributed by atoms with Crippen LogP contribution in [0.2, 0.25) is 0 Å². The van der Waals surface area contributed by atoms with E-state index in [4.69, 9.17) is 0 Å². The molecule has 0 spiro atoms.